The Bertz CT molecular complexity index is 3080. The lowest BCUT2D eigenvalue weighted by Crippen LogP contribution is -1.96. The minimum absolute atomic E-state index is 0.690. The molecule has 51 heavy (non-hydrogen) atoms. The number of hydrogen-bond acceptors (Lipinski definition) is 4. The molecule has 4 aromatic heterocycles. The van der Waals surface area contributed by atoms with Crippen molar-refractivity contribution in [2.45, 2.75) is 0 Å². The third-order valence-corrected chi connectivity index (χ3v) is 11.1. The Balaban J connectivity index is 1.17. The summed E-state index contributed by atoms with van der Waals surface area (Å²) < 4.78 is 11.6. The number of hydrogen-bond donors (Lipinski definition) is 0. The summed E-state index contributed by atoms with van der Waals surface area (Å²) in [5.74, 6) is 0.690. The van der Waals surface area contributed by atoms with Gasteiger partial charge in [-0.2, -0.15) is 0 Å². The molecule has 0 radical (unpaired) electrons. The highest BCUT2D eigenvalue weighted by Gasteiger charge is 2.19. The maximum Gasteiger partial charge on any atom is 0.160 e. The fourth-order valence-corrected chi connectivity index (χ4v) is 8.82. The maximum atomic E-state index is 6.54. The van der Waals surface area contributed by atoms with Crippen molar-refractivity contribution in [3.05, 3.63) is 164 Å². The van der Waals surface area contributed by atoms with Crippen molar-refractivity contribution in [3.63, 3.8) is 0 Å². The Hall–Kier alpha value is -6.56. The molecule has 0 aliphatic carbocycles. The van der Waals surface area contributed by atoms with Gasteiger partial charge in [-0.3, -0.25) is 0 Å². The number of nitrogens with zero attached hydrogens (tertiary/aromatic N) is 3. The van der Waals surface area contributed by atoms with Crippen LogP contribution < -0.4 is 0 Å². The zero-order valence-corrected chi connectivity index (χ0v) is 28.1. The quantitative estimate of drug-likeness (QED) is 0.187. The molecule has 0 unspecified atom stereocenters. The molecule has 7 aromatic carbocycles. The Labute approximate surface area is 296 Å². The average molecular weight is 670 g/mol. The molecule has 0 N–H and O–H groups in total. The molecule has 4 heterocycles. The Morgan fingerprint density at radius 2 is 1.20 bits per heavy atom. The van der Waals surface area contributed by atoms with Crippen LogP contribution >= 0.6 is 11.3 Å². The predicted octanol–water partition coefficient (Wildman–Crippen LogP) is 12.8. The molecule has 11 rings (SSSR count). The molecule has 11 aromatic rings. The summed E-state index contributed by atoms with van der Waals surface area (Å²) >= 11 is 1.86. The van der Waals surface area contributed by atoms with Gasteiger partial charge in [0.1, 0.15) is 11.2 Å². The molecule has 5 heteroatoms. The predicted molar refractivity (Wildman–Crippen MR) is 213 cm³/mol. The summed E-state index contributed by atoms with van der Waals surface area (Å²) in [7, 11) is 0. The van der Waals surface area contributed by atoms with Crippen molar-refractivity contribution in [2.75, 3.05) is 0 Å². The molecule has 0 aliphatic heterocycles. The molecule has 0 atom stereocenters. The molecular formula is C46H27N3OS. The van der Waals surface area contributed by atoms with E-state index in [0.717, 1.165) is 55.7 Å². The number of aromatic nitrogens is 3. The maximum absolute atomic E-state index is 6.54. The standard InChI is InChI=1S/C46H27N3OS/c1-3-12-28(13-4-1)37-27-38(48-46(47-37)29-14-5-2-6-15-29)33-18-11-20-42-45(33)36-24-30(22-23-41(36)50-42)49-39-19-9-7-16-31(39)34-26-44-35(25-40(34)49)32-17-8-10-21-43(32)51-44/h1-27H. The fourth-order valence-electron chi connectivity index (χ4n) is 7.69. The lowest BCUT2D eigenvalue weighted by atomic mass is 10.0. The molecule has 0 amide bonds. The highest BCUT2D eigenvalue weighted by atomic mass is 32.1. The molecule has 0 spiro atoms. The first-order chi connectivity index (χ1) is 25.3. The van der Waals surface area contributed by atoms with E-state index in [2.05, 4.69) is 132 Å². The van der Waals surface area contributed by atoms with Crippen molar-refractivity contribution in [2.24, 2.45) is 0 Å². The summed E-state index contributed by atoms with van der Waals surface area (Å²) in [6.07, 6.45) is 0. The molecule has 0 saturated carbocycles. The van der Waals surface area contributed by atoms with Crippen LogP contribution in [0.1, 0.15) is 0 Å². The van der Waals surface area contributed by atoms with Crippen LogP contribution in [-0.4, -0.2) is 14.5 Å². The molecule has 4 nitrogen and oxygen atoms in total. The van der Waals surface area contributed by atoms with Gasteiger partial charge in [-0.25, -0.2) is 9.97 Å². The van der Waals surface area contributed by atoms with Crippen molar-refractivity contribution < 1.29 is 4.42 Å². The van der Waals surface area contributed by atoms with Gasteiger partial charge < -0.3 is 8.98 Å². The Morgan fingerprint density at radius 3 is 2.06 bits per heavy atom. The van der Waals surface area contributed by atoms with Crippen LogP contribution in [0.15, 0.2) is 168 Å². The number of rotatable bonds is 4. The number of benzene rings is 7. The van der Waals surface area contributed by atoms with Gasteiger partial charge in [0.05, 0.1) is 22.4 Å². The van der Waals surface area contributed by atoms with E-state index in [0.29, 0.717) is 5.82 Å². The van der Waals surface area contributed by atoms with Crippen LogP contribution in [0.2, 0.25) is 0 Å². The van der Waals surface area contributed by atoms with Gasteiger partial charge in [0.2, 0.25) is 0 Å². The van der Waals surface area contributed by atoms with Crippen LogP contribution in [0.25, 0.3) is 104 Å². The van der Waals surface area contributed by atoms with Gasteiger partial charge in [-0.1, -0.05) is 109 Å². The van der Waals surface area contributed by atoms with Gasteiger partial charge in [0.15, 0.2) is 5.82 Å². The lowest BCUT2D eigenvalue weighted by Gasteiger charge is -2.11. The van der Waals surface area contributed by atoms with Crippen LogP contribution in [0.5, 0.6) is 0 Å². The second kappa shape index (κ2) is 11.0. The molecule has 0 bridgehead atoms. The van der Waals surface area contributed by atoms with E-state index in [1.54, 1.807) is 0 Å². The van der Waals surface area contributed by atoms with E-state index in [4.69, 9.17) is 14.4 Å². The van der Waals surface area contributed by atoms with Gasteiger partial charge in [-0.15, -0.1) is 11.3 Å². The fraction of sp³-hybridized carbons (Fsp3) is 0. The summed E-state index contributed by atoms with van der Waals surface area (Å²) in [5.41, 5.74) is 9.88. The van der Waals surface area contributed by atoms with E-state index in [1.165, 1.54) is 42.0 Å². The average Bonchev–Trinajstić information content (AvgIpc) is 3.86. The first kappa shape index (κ1) is 28.3. The van der Waals surface area contributed by atoms with E-state index in [-0.39, 0.29) is 0 Å². The third-order valence-electron chi connectivity index (χ3n) is 10.0. The SMILES string of the molecule is c1ccc(-c2cc(-c3cccc4oc5ccc(-n6c7ccccc7c7cc8sc9ccccc9c8cc76)cc5c34)nc(-c3ccccc3)n2)cc1. The first-order valence-corrected chi connectivity index (χ1v) is 17.9. The molecule has 238 valence electrons. The minimum Gasteiger partial charge on any atom is -0.456 e. The van der Waals surface area contributed by atoms with E-state index < -0.39 is 0 Å². The second-order valence-electron chi connectivity index (χ2n) is 13.0. The molecule has 0 saturated heterocycles. The number of furan rings is 1. The van der Waals surface area contributed by atoms with Gasteiger partial charge in [0, 0.05) is 64.1 Å². The topological polar surface area (TPSA) is 43.9 Å². The lowest BCUT2D eigenvalue weighted by molar-refractivity contribution is 0.669. The normalized spacial score (nSPS) is 11.9. The molecule has 0 fully saturated rings. The summed E-state index contributed by atoms with van der Waals surface area (Å²) in [5, 5.41) is 7.17. The smallest absolute Gasteiger partial charge is 0.160 e. The van der Waals surface area contributed by atoms with E-state index in [1.807, 2.05) is 47.7 Å². The van der Waals surface area contributed by atoms with Crippen LogP contribution in [-0.2, 0) is 0 Å². The van der Waals surface area contributed by atoms with Crippen LogP contribution in [0.4, 0.5) is 0 Å². The minimum atomic E-state index is 0.690. The van der Waals surface area contributed by atoms with Crippen molar-refractivity contribution in [3.8, 4) is 39.6 Å². The Kier molecular flexibility index (Phi) is 6.09. The van der Waals surface area contributed by atoms with Crippen LogP contribution in [0, 0.1) is 0 Å². The number of thiophene rings is 1. The zero-order chi connectivity index (χ0) is 33.5. The third kappa shape index (κ3) is 4.38. The summed E-state index contributed by atoms with van der Waals surface area (Å²) in [6, 6.07) is 57.6. The van der Waals surface area contributed by atoms with Crippen molar-refractivity contribution >= 4 is 75.3 Å². The monoisotopic (exact) mass is 669 g/mol. The van der Waals surface area contributed by atoms with Gasteiger partial charge in [-0.05, 0) is 54.6 Å². The second-order valence-corrected chi connectivity index (χ2v) is 14.1. The Morgan fingerprint density at radius 1 is 0.451 bits per heavy atom. The van der Waals surface area contributed by atoms with E-state index in [9.17, 15) is 0 Å². The highest BCUT2D eigenvalue weighted by Crippen LogP contribution is 2.42. The van der Waals surface area contributed by atoms with Crippen LogP contribution in [0.3, 0.4) is 0 Å². The highest BCUT2D eigenvalue weighted by molar-refractivity contribution is 7.25. The number of para-hydroxylation sites is 1. The first-order valence-electron chi connectivity index (χ1n) is 17.1. The summed E-state index contributed by atoms with van der Waals surface area (Å²) in [4.78, 5) is 10.2. The summed E-state index contributed by atoms with van der Waals surface area (Å²) in [6.45, 7) is 0. The van der Waals surface area contributed by atoms with Crippen molar-refractivity contribution in [1.82, 2.24) is 14.5 Å². The van der Waals surface area contributed by atoms with E-state index >= 15 is 0 Å². The largest absolute Gasteiger partial charge is 0.456 e. The zero-order valence-electron chi connectivity index (χ0n) is 27.2. The van der Waals surface area contributed by atoms with Crippen molar-refractivity contribution in [1.29, 1.82) is 0 Å². The molecular weight excluding hydrogens is 643 g/mol. The molecule has 0 aliphatic rings. The van der Waals surface area contributed by atoms with Gasteiger partial charge in [0.25, 0.3) is 0 Å². The van der Waals surface area contributed by atoms with Gasteiger partial charge >= 0.3 is 0 Å². The number of fused-ring (bicyclic) bond motifs is 9.